The minimum Gasteiger partial charge on any atom is -0.393 e. The molecule has 0 saturated carbocycles. The fraction of sp³-hybridized carbons (Fsp3) is 0.632. The van der Waals surface area contributed by atoms with Gasteiger partial charge in [-0.1, -0.05) is 30.3 Å². The second kappa shape index (κ2) is 7.64. The van der Waals surface area contributed by atoms with Crippen LogP contribution in [-0.4, -0.2) is 66.2 Å². The second-order valence-corrected chi connectivity index (χ2v) is 7.38. The molecule has 0 unspecified atom stereocenters. The number of nitrogens with one attached hydrogen (secondary N) is 1. The van der Waals surface area contributed by atoms with E-state index in [0.717, 1.165) is 25.7 Å². The van der Waals surface area contributed by atoms with Crippen molar-refractivity contribution in [2.45, 2.75) is 49.9 Å². The molecule has 5 nitrogen and oxygen atoms in total. The molecule has 2 N–H and O–H groups in total. The van der Waals surface area contributed by atoms with Gasteiger partial charge < -0.3 is 15.3 Å². The lowest BCUT2D eigenvalue weighted by Gasteiger charge is -2.36. The van der Waals surface area contributed by atoms with Crippen LogP contribution in [-0.2, 0) is 4.79 Å². The Balaban J connectivity index is 1.53. The summed E-state index contributed by atoms with van der Waals surface area (Å²) in [6.07, 6.45) is 3.67. The van der Waals surface area contributed by atoms with Gasteiger partial charge in [0, 0.05) is 18.6 Å². The van der Waals surface area contributed by atoms with E-state index >= 15 is 0 Å². The van der Waals surface area contributed by atoms with Crippen molar-refractivity contribution >= 4 is 5.91 Å². The molecule has 2 aliphatic heterocycles. The number of likely N-dealkylation sites (N-methyl/N-ethyl adjacent to an activating group) is 1. The highest BCUT2D eigenvalue weighted by Crippen LogP contribution is 2.35. The minimum atomic E-state index is -0.182. The first-order chi connectivity index (χ1) is 11.5. The van der Waals surface area contributed by atoms with E-state index < -0.39 is 0 Å². The van der Waals surface area contributed by atoms with E-state index in [9.17, 15) is 9.90 Å². The molecule has 2 aliphatic rings. The molecule has 2 bridgehead atoms. The van der Waals surface area contributed by atoms with E-state index in [2.05, 4.69) is 27.2 Å². The molecule has 0 aromatic heterocycles. The van der Waals surface area contributed by atoms with Crippen LogP contribution < -0.4 is 5.32 Å². The molecule has 5 heteroatoms. The molecule has 24 heavy (non-hydrogen) atoms. The lowest BCUT2D eigenvalue weighted by atomic mass is 10.00. The first kappa shape index (κ1) is 17.4. The molecular weight excluding hydrogens is 302 g/mol. The van der Waals surface area contributed by atoms with Crippen molar-refractivity contribution < 1.29 is 9.90 Å². The average Bonchev–Trinajstić information content (AvgIpc) is 2.79. The van der Waals surface area contributed by atoms with Gasteiger partial charge in [-0.2, -0.15) is 0 Å². The van der Waals surface area contributed by atoms with Gasteiger partial charge in [0.05, 0.1) is 18.7 Å². The highest BCUT2D eigenvalue weighted by Gasteiger charge is 2.40. The lowest BCUT2D eigenvalue weighted by Crippen LogP contribution is -2.49. The van der Waals surface area contributed by atoms with E-state index in [-0.39, 0.29) is 18.1 Å². The predicted molar refractivity (Wildman–Crippen MR) is 94.6 cm³/mol. The minimum absolute atomic E-state index is 0.0890. The molecule has 3 atom stereocenters. The summed E-state index contributed by atoms with van der Waals surface area (Å²) < 4.78 is 0. The maximum absolute atomic E-state index is 12.4. The van der Waals surface area contributed by atoms with E-state index in [0.29, 0.717) is 25.2 Å². The van der Waals surface area contributed by atoms with Crippen molar-refractivity contribution in [2.24, 2.45) is 0 Å². The van der Waals surface area contributed by atoms with Crippen LogP contribution in [0.5, 0.6) is 0 Å². The number of piperidine rings is 1. The fourth-order valence-electron chi connectivity index (χ4n) is 4.21. The monoisotopic (exact) mass is 331 g/mol. The zero-order valence-electron chi connectivity index (χ0n) is 14.7. The Bertz CT molecular complexity index is 535. The maximum Gasteiger partial charge on any atom is 0.234 e. The number of hydrogen-bond donors (Lipinski definition) is 2. The van der Waals surface area contributed by atoms with Gasteiger partial charge in [0.2, 0.25) is 5.91 Å². The third-order valence-electron chi connectivity index (χ3n) is 5.49. The Morgan fingerprint density at radius 2 is 1.88 bits per heavy atom. The van der Waals surface area contributed by atoms with Crippen LogP contribution in [0.3, 0.4) is 0 Å². The Labute approximate surface area is 144 Å². The molecule has 1 amide bonds. The quantitative estimate of drug-likeness (QED) is 0.827. The largest absolute Gasteiger partial charge is 0.393 e. The zero-order chi connectivity index (χ0) is 17.1. The van der Waals surface area contributed by atoms with Crippen molar-refractivity contribution in [3.05, 3.63) is 35.9 Å². The van der Waals surface area contributed by atoms with E-state index in [1.54, 1.807) is 0 Å². The number of rotatable bonds is 6. The smallest absolute Gasteiger partial charge is 0.234 e. The maximum atomic E-state index is 12.4. The van der Waals surface area contributed by atoms with Crippen LogP contribution in [0.4, 0.5) is 0 Å². The number of hydrogen-bond acceptors (Lipinski definition) is 4. The zero-order valence-corrected chi connectivity index (χ0v) is 14.7. The summed E-state index contributed by atoms with van der Waals surface area (Å²) in [5, 5.41) is 13.0. The summed E-state index contributed by atoms with van der Waals surface area (Å²) in [6.45, 7) is 1.07. The Morgan fingerprint density at radius 3 is 2.46 bits per heavy atom. The Morgan fingerprint density at radius 1 is 1.25 bits per heavy atom. The highest BCUT2D eigenvalue weighted by atomic mass is 16.3. The first-order valence-corrected chi connectivity index (χ1v) is 8.96. The summed E-state index contributed by atoms with van der Waals surface area (Å²) in [5.41, 5.74) is 1.21. The van der Waals surface area contributed by atoms with Crippen LogP contribution in [0.25, 0.3) is 0 Å². The topological polar surface area (TPSA) is 55.8 Å². The standard InChI is InChI=1S/C19H29N3O2/c1-21(2)18(14-6-4-3-5-7-14)12-20-19(24)13-22-15-8-9-16(22)11-17(23)10-15/h3-7,15-18,23H,8-13H2,1-2H3,(H,20,24)/t15-,16-,18+/m0/s1. The van der Waals surface area contributed by atoms with Crippen molar-refractivity contribution in [1.82, 2.24) is 15.1 Å². The molecule has 2 heterocycles. The number of fused-ring (bicyclic) bond motifs is 2. The van der Waals surface area contributed by atoms with Crippen molar-refractivity contribution in [3.8, 4) is 0 Å². The molecule has 1 aromatic rings. The van der Waals surface area contributed by atoms with E-state index in [1.807, 2.05) is 32.3 Å². The first-order valence-electron chi connectivity index (χ1n) is 8.96. The van der Waals surface area contributed by atoms with Gasteiger partial charge >= 0.3 is 0 Å². The molecular formula is C19H29N3O2. The van der Waals surface area contributed by atoms with Gasteiger partial charge in [-0.05, 0) is 45.3 Å². The Kier molecular flexibility index (Phi) is 5.54. The summed E-state index contributed by atoms with van der Waals surface area (Å²) in [5.74, 6) is 0.0890. The molecule has 1 aromatic carbocycles. The summed E-state index contributed by atoms with van der Waals surface area (Å²) >= 11 is 0. The number of nitrogens with zero attached hydrogens (tertiary/aromatic N) is 2. The van der Waals surface area contributed by atoms with Crippen molar-refractivity contribution in [1.29, 1.82) is 0 Å². The summed E-state index contributed by atoms with van der Waals surface area (Å²) in [7, 11) is 4.08. The van der Waals surface area contributed by atoms with E-state index in [1.165, 1.54) is 5.56 Å². The molecule has 0 radical (unpaired) electrons. The molecule has 0 aliphatic carbocycles. The van der Waals surface area contributed by atoms with Gasteiger partial charge in [0.1, 0.15) is 0 Å². The van der Waals surface area contributed by atoms with Crippen LogP contribution >= 0.6 is 0 Å². The van der Waals surface area contributed by atoms with Crippen LogP contribution in [0, 0.1) is 0 Å². The SMILES string of the molecule is CN(C)[C@H](CNC(=O)CN1[C@H]2CC[C@H]1CC(O)C2)c1ccccc1. The van der Waals surface area contributed by atoms with Gasteiger partial charge in [-0.3, -0.25) is 9.69 Å². The van der Waals surface area contributed by atoms with Crippen LogP contribution in [0.2, 0.25) is 0 Å². The average molecular weight is 331 g/mol. The van der Waals surface area contributed by atoms with Gasteiger partial charge in [0.25, 0.3) is 0 Å². The number of aliphatic hydroxyl groups excluding tert-OH is 1. The number of benzene rings is 1. The number of aliphatic hydroxyl groups is 1. The van der Waals surface area contributed by atoms with Crippen LogP contribution in [0.1, 0.15) is 37.3 Å². The predicted octanol–water partition coefficient (Wildman–Crippen LogP) is 1.39. The molecule has 2 fully saturated rings. The van der Waals surface area contributed by atoms with E-state index in [4.69, 9.17) is 0 Å². The van der Waals surface area contributed by atoms with Gasteiger partial charge in [-0.25, -0.2) is 0 Å². The molecule has 132 valence electrons. The number of amides is 1. The van der Waals surface area contributed by atoms with Gasteiger partial charge in [0.15, 0.2) is 0 Å². The number of carbonyl (C=O) groups is 1. The summed E-state index contributed by atoms with van der Waals surface area (Å²) in [4.78, 5) is 16.9. The van der Waals surface area contributed by atoms with Crippen molar-refractivity contribution in [3.63, 3.8) is 0 Å². The second-order valence-electron chi connectivity index (χ2n) is 7.38. The highest BCUT2D eigenvalue weighted by molar-refractivity contribution is 5.78. The Hall–Kier alpha value is -1.43. The third kappa shape index (κ3) is 3.97. The molecule has 3 rings (SSSR count). The lowest BCUT2D eigenvalue weighted by molar-refractivity contribution is -0.124. The molecule has 0 spiro atoms. The summed E-state index contributed by atoms with van der Waals surface area (Å²) in [6, 6.07) is 11.2. The van der Waals surface area contributed by atoms with Crippen molar-refractivity contribution in [2.75, 3.05) is 27.2 Å². The normalized spacial score (nSPS) is 28.1. The van der Waals surface area contributed by atoms with Gasteiger partial charge in [-0.15, -0.1) is 0 Å². The number of carbonyl (C=O) groups excluding carboxylic acids is 1. The third-order valence-corrected chi connectivity index (χ3v) is 5.49. The molecule has 2 saturated heterocycles. The fourth-order valence-corrected chi connectivity index (χ4v) is 4.21. The van der Waals surface area contributed by atoms with Crippen LogP contribution in [0.15, 0.2) is 30.3 Å².